The van der Waals surface area contributed by atoms with E-state index in [1.54, 1.807) is 0 Å². The van der Waals surface area contributed by atoms with E-state index in [1.165, 1.54) is 25.7 Å². The fourth-order valence-electron chi connectivity index (χ4n) is 3.24. The lowest BCUT2D eigenvalue weighted by Gasteiger charge is -2.36. The second-order valence-electron chi connectivity index (χ2n) is 8.36. The Kier molecular flexibility index (Phi) is 4.57. The number of carbonyl (C=O) groups is 1. The maximum atomic E-state index is 11.9. The molecule has 0 aliphatic heterocycles. The van der Waals surface area contributed by atoms with Gasteiger partial charge >= 0.3 is 6.09 Å². The molecule has 0 radical (unpaired) electrons. The smallest absolute Gasteiger partial charge is 0.407 e. The quantitative estimate of drug-likeness (QED) is 0.815. The molecule has 1 atom stereocenters. The van der Waals surface area contributed by atoms with Crippen LogP contribution in [0.3, 0.4) is 0 Å². The highest BCUT2D eigenvalue weighted by atomic mass is 16.6. The van der Waals surface area contributed by atoms with E-state index in [0.29, 0.717) is 18.0 Å². The molecule has 1 unspecified atom stereocenters. The third-order valence-corrected chi connectivity index (χ3v) is 5.14. The van der Waals surface area contributed by atoms with Crippen LogP contribution in [0.4, 0.5) is 4.79 Å². The van der Waals surface area contributed by atoms with Crippen LogP contribution in [0, 0.1) is 5.41 Å². The van der Waals surface area contributed by atoms with Crippen LogP contribution >= 0.6 is 0 Å². The Bertz CT molecular complexity index is 377. The van der Waals surface area contributed by atoms with Crippen molar-refractivity contribution < 1.29 is 9.53 Å². The van der Waals surface area contributed by atoms with E-state index in [2.05, 4.69) is 24.5 Å². The van der Waals surface area contributed by atoms with Gasteiger partial charge in [0.2, 0.25) is 0 Å². The van der Waals surface area contributed by atoms with E-state index >= 15 is 0 Å². The largest absolute Gasteiger partial charge is 0.444 e. The molecule has 122 valence electrons. The van der Waals surface area contributed by atoms with Crippen molar-refractivity contribution in [2.45, 2.75) is 90.3 Å². The first-order chi connectivity index (χ1) is 9.64. The number of alkyl carbamates (subject to hydrolysis) is 1. The minimum Gasteiger partial charge on any atom is -0.444 e. The molecule has 2 aliphatic rings. The van der Waals surface area contributed by atoms with E-state index in [4.69, 9.17) is 4.74 Å². The summed E-state index contributed by atoms with van der Waals surface area (Å²) in [4.78, 5) is 11.9. The van der Waals surface area contributed by atoms with Crippen LogP contribution in [0.5, 0.6) is 0 Å². The lowest BCUT2D eigenvalue weighted by Crippen LogP contribution is -2.56. The van der Waals surface area contributed by atoms with Crippen LogP contribution in [0.1, 0.15) is 73.1 Å². The maximum Gasteiger partial charge on any atom is 0.407 e. The van der Waals surface area contributed by atoms with Crippen LogP contribution in [0.15, 0.2) is 0 Å². The van der Waals surface area contributed by atoms with Gasteiger partial charge in [-0.15, -0.1) is 0 Å². The summed E-state index contributed by atoms with van der Waals surface area (Å²) >= 11 is 0. The van der Waals surface area contributed by atoms with Crippen molar-refractivity contribution in [1.29, 1.82) is 0 Å². The van der Waals surface area contributed by atoms with Gasteiger partial charge in [0.1, 0.15) is 5.60 Å². The predicted octanol–water partition coefficient (Wildman–Crippen LogP) is 3.60. The molecule has 4 heteroatoms. The first-order valence-electron chi connectivity index (χ1n) is 8.39. The number of hydrogen-bond donors (Lipinski definition) is 2. The molecule has 21 heavy (non-hydrogen) atoms. The monoisotopic (exact) mass is 296 g/mol. The van der Waals surface area contributed by atoms with Crippen molar-refractivity contribution in [3.8, 4) is 0 Å². The Morgan fingerprint density at radius 3 is 2.24 bits per heavy atom. The maximum absolute atomic E-state index is 11.9. The minimum atomic E-state index is -0.435. The third-order valence-electron chi connectivity index (χ3n) is 5.14. The normalized spacial score (nSPS) is 24.4. The summed E-state index contributed by atoms with van der Waals surface area (Å²) in [5, 5.41) is 6.82. The van der Waals surface area contributed by atoms with Gasteiger partial charge in [0.05, 0.1) is 0 Å². The van der Waals surface area contributed by atoms with Crippen LogP contribution in [0.25, 0.3) is 0 Å². The summed E-state index contributed by atoms with van der Waals surface area (Å²) in [6, 6.07) is 0.510. The van der Waals surface area contributed by atoms with Crippen LogP contribution < -0.4 is 10.6 Å². The summed E-state index contributed by atoms with van der Waals surface area (Å²) in [6.07, 6.45) is 7.10. The third kappa shape index (κ3) is 4.60. The molecule has 0 aromatic carbocycles. The lowest BCUT2D eigenvalue weighted by atomic mass is 9.92. The molecule has 2 fully saturated rings. The molecule has 0 aromatic heterocycles. The van der Waals surface area contributed by atoms with E-state index in [1.807, 2.05) is 20.8 Å². The van der Waals surface area contributed by atoms with Gasteiger partial charge in [-0.05, 0) is 58.8 Å². The average Bonchev–Trinajstić information content (AvgIpc) is 2.94. The molecule has 2 N–H and O–H groups in total. The molecule has 0 bridgehead atoms. The molecule has 2 saturated carbocycles. The van der Waals surface area contributed by atoms with Crippen molar-refractivity contribution in [3.63, 3.8) is 0 Å². The van der Waals surface area contributed by atoms with E-state index in [-0.39, 0.29) is 11.6 Å². The second-order valence-corrected chi connectivity index (χ2v) is 8.36. The first kappa shape index (κ1) is 16.6. The summed E-state index contributed by atoms with van der Waals surface area (Å²) in [6.45, 7) is 11.0. The first-order valence-corrected chi connectivity index (χ1v) is 8.39. The Balaban J connectivity index is 1.88. The van der Waals surface area contributed by atoms with Crippen molar-refractivity contribution in [2.75, 3.05) is 6.54 Å². The second kappa shape index (κ2) is 5.79. The van der Waals surface area contributed by atoms with Crippen LogP contribution in [-0.4, -0.2) is 29.8 Å². The van der Waals surface area contributed by atoms with Gasteiger partial charge in [-0.3, -0.25) is 0 Å². The number of hydrogen-bond acceptors (Lipinski definition) is 3. The molecule has 0 saturated heterocycles. The zero-order chi connectivity index (χ0) is 15.7. The molecule has 0 heterocycles. The molecule has 2 rings (SSSR count). The molecular weight excluding hydrogens is 264 g/mol. The van der Waals surface area contributed by atoms with Gasteiger partial charge in [-0.25, -0.2) is 4.79 Å². The summed E-state index contributed by atoms with van der Waals surface area (Å²) in [5.41, 5.74) is 0.0819. The molecule has 4 nitrogen and oxygen atoms in total. The number of carbonyl (C=O) groups excluding carboxylic acids is 1. The number of amides is 1. The Hall–Kier alpha value is -0.770. The van der Waals surface area contributed by atoms with Gasteiger partial charge in [0, 0.05) is 18.1 Å². The zero-order valence-corrected chi connectivity index (χ0v) is 14.3. The highest BCUT2D eigenvalue weighted by Gasteiger charge is 2.46. The van der Waals surface area contributed by atoms with Crippen molar-refractivity contribution in [1.82, 2.24) is 10.6 Å². The Labute approximate surface area is 129 Å². The predicted molar refractivity (Wildman–Crippen MR) is 85.4 cm³/mol. The van der Waals surface area contributed by atoms with Gasteiger partial charge in [0.15, 0.2) is 0 Å². The topological polar surface area (TPSA) is 50.4 Å². The minimum absolute atomic E-state index is 0.0575. The molecular formula is C17H32N2O2. The van der Waals surface area contributed by atoms with Crippen LogP contribution in [-0.2, 0) is 4.74 Å². The number of ether oxygens (including phenoxy) is 1. The summed E-state index contributed by atoms with van der Waals surface area (Å²) in [5.74, 6) is 0. The Morgan fingerprint density at radius 1 is 1.19 bits per heavy atom. The lowest BCUT2D eigenvalue weighted by molar-refractivity contribution is 0.0506. The fourth-order valence-corrected chi connectivity index (χ4v) is 3.24. The standard InChI is InChI=1S/C17H32N2O2/c1-13(16(5)10-11-16)19-17(8-6-7-9-17)12-18-14(20)21-15(2,3)4/h13,19H,6-12H2,1-5H3,(H,18,20). The van der Waals surface area contributed by atoms with Gasteiger partial charge < -0.3 is 15.4 Å². The summed E-state index contributed by atoms with van der Waals surface area (Å²) < 4.78 is 5.35. The van der Waals surface area contributed by atoms with Crippen molar-refractivity contribution in [3.05, 3.63) is 0 Å². The van der Waals surface area contributed by atoms with E-state index in [9.17, 15) is 4.79 Å². The van der Waals surface area contributed by atoms with Gasteiger partial charge in [0.25, 0.3) is 0 Å². The van der Waals surface area contributed by atoms with Crippen LogP contribution in [0.2, 0.25) is 0 Å². The van der Waals surface area contributed by atoms with Gasteiger partial charge in [-0.1, -0.05) is 19.8 Å². The van der Waals surface area contributed by atoms with Gasteiger partial charge in [-0.2, -0.15) is 0 Å². The number of rotatable bonds is 5. The highest BCUT2D eigenvalue weighted by Crippen LogP contribution is 2.49. The van der Waals surface area contributed by atoms with Crippen molar-refractivity contribution in [2.24, 2.45) is 5.41 Å². The highest BCUT2D eigenvalue weighted by molar-refractivity contribution is 5.67. The summed E-state index contributed by atoms with van der Waals surface area (Å²) in [7, 11) is 0. The van der Waals surface area contributed by atoms with Crippen molar-refractivity contribution >= 4 is 6.09 Å². The zero-order valence-electron chi connectivity index (χ0n) is 14.3. The number of nitrogens with one attached hydrogen (secondary N) is 2. The fraction of sp³-hybridized carbons (Fsp3) is 0.941. The molecule has 1 amide bonds. The van der Waals surface area contributed by atoms with E-state index < -0.39 is 5.60 Å². The molecule has 0 spiro atoms. The Morgan fingerprint density at radius 2 is 1.76 bits per heavy atom. The molecule has 0 aromatic rings. The van der Waals surface area contributed by atoms with E-state index in [0.717, 1.165) is 12.8 Å². The SMILES string of the molecule is CC(NC1(CNC(=O)OC(C)(C)C)CCCC1)C1(C)CC1. The molecule has 2 aliphatic carbocycles. The average molecular weight is 296 g/mol.